The van der Waals surface area contributed by atoms with E-state index in [4.69, 9.17) is 9.84 Å². The molecular weight excluding hydrogens is 198 g/mol. The monoisotopic (exact) mass is 213 g/mol. The number of nitrogens with zero attached hydrogens (tertiary/aromatic N) is 3. The summed E-state index contributed by atoms with van der Waals surface area (Å²) >= 11 is 0. The molecule has 0 aliphatic carbocycles. The zero-order chi connectivity index (χ0) is 11.1. The van der Waals surface area contributed by atoms with Crippen LogP contribution in [0.5, 0.6) is 0 Å². The highest BCUT2D eigenvalue weighted by atomic mass is 16.5. The van der Waals surface area contributed by atoms with E-state index >= 15 is 0 Å². The average Bonchev–Trinajstić information content (AvgIpc) is 2.65. The molecule has 0 aliphatic heterocycles. The smallest absolute Gasteiger partial charge is 0.172 e. The van der Waals surface area contributed by atoms with Crippen LogP contribution in [0, 0.1) is 0 Å². The Morgan fingerprint density at radius 2 is 2.40 bits per heavy atom. The van der Waals surface area contributed by atoms with Crippen LogP contribution in [-0.4, -0.2) is 46.7 Å². The van der Waals surface area contributed by atoms with Gasteiger partial charge in [0.15, 0.2) is 6.29 Å². The van der Waals surface area contributed by atoms with Crippen molar-refractivity contribution in [3.8, 4) is 0 Å². The first kappa shape index (κ1) is 11.8. The van der Waals surface area contributed by atoms with Gasteiger partial charge in [0, 0.05) is 26.7 Å². The van der Waals surface area contributed by atoms with Crippen LogP contribution >= 0.6 is 0 Å². The van der Waals surface area contributed by atoms with E-state index in [1.807, 2.05) is 0 Å². The zero-order valence-electron chi connectivity index (χ0n) is 8.72. The third kappa shape index (κ3) is 3.10. The Hall–Kier alpha value is -1.27. The molecule has 0 aliphatic rings. The first-order chi connectivity index (χ1) is 7.33. The van der Waals surface area contributed by atoms with E-state index in [2.05, 4.69) is 10.3 Å². The van der Waals surface area contributed by atoms with Gasteiger partial charge in [0.1, 0.15) is 5.69 Å². The lowest BCUT2D eigenvalue weighted by Gasteiger charge is -2.04. The van der Waals surface area contributed by atoms with Gasteiger partial charge in [0.05, 0.1) is 12.3 Å². The highest BCUT2D eigenvalue weighted by molar-refractivity contribution is 5.73. The molecular formula is C9H15N3O3. The second-order valence-electron chi connectivity index (χ2n) is 3.08. The number of hydrogen-bond donors (Lipinski definition) is 1. The summed E-state index contributed by atoms with van der Waals surface area (Å²) in [6.07, 6.45) is 1.89. The van der Waals surface area contributed by atoms with Gasteiger partial charge in [-0.2, -0.15) is 0 Å². The third-order valence-electron chi connectivity index (χ3n) is 2.05. The summed E-state index contributed by atoms with van der Waals surface area (Å²) in [6, 6.07) is 0. The number of hydrogen-bond acceptors (Lipinski definition) is 5. The van der Waals surface area contributed by atoms with Crippen molar-refractivity contribution in [2.24, 2.45) is 0 Å². The Morgan fingerprint density at radius 3 is 3.00 bits per heavy atom. The summed E-state index contributed by atoms with van der Waals surface area (Å²) in [4.78, 5) is 10.7. The van der Waals surface area contributed by atoms with E-state index < -0.39 is 0 Å². The molecule has 0 radical (unpaired) electrons. The van der Waals surface area contributed by atoms with E-state index in [1.54, 1.807) is 11.8 Å². The Morgan fingerprint density at radius 1 is 1.60 bits per heavy atom. The predicted octanol–water partition coefficient (Wildman–Crippen LogP) is -0.338. The molecule has 6 nitrogen and oxygen atoms in total. The minimum absolute atomic E-state index is 0.0972. The highest BCUT2D eigenvalue weighted by Gasteiger charge is 2.11. The van der Waals surface area contributed by atoms with E-state index in [-0.39, 0.29) is 6.61 Å². The molecule has 0 saturated heterocycles. The average molecular weight is 213 g/mol. The summed E-state index contributed by atoms with van der Waals surface area (Å²) in [5.74, 6) is 0. The molecule has 0 aromatic carbocycles. The SMILES string of the molecule is COCCc1c(C=O)nnn1CCCO. The van der Waals surface area contributed by atoms with Crippen molar-refractivity contribution in [3.63, 3.8) is 0 Å². The third-order valence-corrected chi connectivity index (χ3v) is 2.05. The molecule has 1 N–H and O–H groups in total. The first-order valence-electron chi connectivity index (χ1n) is 4.80. The van der Waals surface area contributed by atoms with Gasteiger partial charge in [-0.3, -0.25) is 4.79 Å². The van der Waals surface area contributed by atoms with E-state index in [9.17, 15) is 4.79 Å². The fraction of sp³-hybridized carbons (Fsp3) is 0.667. The molecule has 0 spiro atoms. The lowest BCUT2D eigenvalue weighted by atomic mass is 10.2. The fourth-order valence-electron chi connectivity index (χ4n) is 1.29. The van der Waals surface area contributed by atoms with Crippen LogP contribution < -0.4 is 0 Å². The predicted molar refractivity (Wildman–Crippen MR) is 52.7 cm³/mol. The van der Waals surface area contributed by atoms with E-state index in [0.717, 1.165) is 5.69 Å². The second kappa shape index (κ2) is 6.26. The molecule has 1 aromatic rings. The molecule has 1 heterocycles. The lowest BCUT2D eigenvalue weighted by molar-refractivity contribution is 0.111. The van der Waals surface area contributed by atoms with Crippen molar-refractivity contribution < 1.29 is 14.6 Å². The molecule has 0 saturated carbocycles. The summed E-state index contributed by atoms with van der Waals surface area (Å²) in [5.41, 5.74) is 1.12. The number of aldehydes is 1. The van der Waals surface area contributed by atoms with Crippen LogP contribution in [0.1, 0.15) is 22.6 Å². The maximum atomic E-state index is 10.7. The van der Waals surface area contributed by atoms with Crippen molar-refractivity contribution >= 4 is 6.29 Å². The van der Waals surface area contributed by atoms with Gasteiger partial charge < -0.3 is 9.84 Å². The lowest BCUT2D eigenvalue weighted by Crippen LogP contribution is -2.09. The Kier molecular flexibility index (Phi) is 4.92. The van der Waals surface area contributed by atoms with Gasteiger partial charge in [-0.25, -0.2) is 4.68 Å². The normalized spacial score (nSPS) is 10.5. The van der Waals surface area contributed by atoms with Gasteiger partial charge in [0.25, 0.3) is 0 Å². The highest BCUT2D eigenvalue weighted by Crippen LogP contribution is 2.05. The minimum Gasteiger partial charge on any atom is -0.396 e. The summed E-state index contributed by atoms with van der Waals surface area (Å²) in [7, 11) is 1.60. The number of methoxy groups -OCH3 is 1. The topological polar surface area (TPSA) is 77.2 Å². The van der Waals surface area contributed by atoms with Crippen LogP contribution in [0.3, 0.4) is 0 Å². The van der Waals surface area contributed by atoms with Gasteiger partial charge >= 0.3 is 0 Å². The van der Waals surface area contributed by atoms with Crippen LogP contribution in [0.15, 0.2) is 0 Å². The number of carbonyl (C=O) groups is 1. The quantitative estimate of drug-likeness (QED) is 0.627. The Labute approximate surface area is 87.9 Å². The molecule has 1 rings (SSSR count). The Balaban J connectivity index is 2.75. The largest absolute Gasteiger partial charge is 0.396 e. The fourth-order valence-corrected chi connectivity index (χ4v) is 1.29. The number of aliphatic hydroxyl groups excluding tert-OH is 1. The van der Waals surface area contributed by atoms with Gasteiger partial charge in [0.2, 0.25) is 0 Å². The van der Waals surface area contributed by atoms with Crippen LogP contribution in [0.4, 0.5) is 0 Å². The molecule has 0 unspecified atom stereocenters. The van der Waals surface area contributed by atoms with Crippen molar-refractivity contribution in [1.82, 2.24) is 15.0 Å². The molecule has 0 atom stereocenters. The van der Waals surface area contributed by atoms with Crippen molar-refractivity contribution in [1.29, 1.82) is 0 Å². The number of carbonyl (C=O) groups excluding carboxylic acids is 1. The Bertz CT molecular complexity index is 312. The number of aliphatic hydroxyl groups is 1. The van der Waals surface area contributed by atoms with Gasteiger partial charge in [-0.15, -0.1) is 5.10 Å². The first-order valence-corrected chi connectivity index (χ1v) is 4.80. The molecule has 15 heavy (non-hydrogen) atoms. The maximum Gasteiger partial charge on any atom is 0.172 e. The maximum absolute atomic E-state index is 10.7. The number of ether oxygens (including phenoxy) is 1. The van der Waals surface area contributed by atoms with Crippen LogP contribution in [0.25, 0.3) is 0 Å². The number of aryl methyl sites for hydroxylation is 1. The summed E-state index contributed by atoms with van der Waals surface area (Å²) < 4.78 is 6.58. The van der Waals surface area contributed by atoms with Crippen LogP contribution in [0.2, 0.25) is 0 Å². The molecule has 6 heteroatoms. The molecule has 0 bridgehead atoms. The molecule has 84 valence electrons. The van der Waals surface area contributed by atoms with E-state index in [0.29, 0.717) is 38.0 Å². The molecule has 1 aromatic heterocycles. The van der Waals surface area contributed by atoms with Gasteiger partial charge in [-0.1, -0.05) is 5.21 Å². The minimum atomic E-state index is 0.0972. The van der Waals surface area contributed by atoms with Crippen molar-refractivity contribution in [3.05, 3.63) is 11.4 Å². The van der Waals surface area contributed by atoms with Crippen molar-refractivity contribution in [2.75, 3.05) is 20.3 Å². The zero-order valence-corrected chi connectivity index (χ0v) is 8.72. The van der Waals surface area contributed by atoms with Crippen molar-refractivity contribution in [2.45, 2.75) is 19.4 Å². The van der Waals surface area contributed by atoms with E-state index in [1.165, 1.54) is 0 Å². The molecule has 0 fully saturated rings. The molecule has 0 amide bonds. The van der Waals surface area contributed by atoms with Gasteiger partial charge in [-0.05, 0) is 6.42 Å². The summed E-state index contributed by atoms with van der Waals surface area (Å²) in [6.45, 7) is 1.18. The summed E-state index contributed by atoms with van der Waals surface area (Å²) in [5, 5.41) is 16.3. The van der Waals surface area contributed by atoms with Crippen LogP contribution in [-0.2, 0) is 17.7 Å². The number of aromatic nitrogens is 3. The number of rotatable bonds is 7. The second-order valence-corrected chi connectivity index (χ2v) is 3.08. The standard InChI is InChI=1S/C9H15N3O3/c1-15-6-3-9-8(7-14)10-11-12(9)4-2-5-13/h7,13H,2-6H2,1H3.